The fourth-order valence-electron chi connectivity index (χ4n) is 7.08. The number of hydrogen-bond acceptors (Lipinski definition) is 8. The molecule has 0 radical (unpaired) electrons. The van der Waals surface area contributed by atoms with Crippen molar-refractivity contribution >= 4 is 34.8 Å². The Bertz CT molecular complexity index is 1720. The standard InChI is InChI=1S/C34H39ClN8O2/c1-22(44)41-14-12-24(13-15-41)42-16-18-43(19-17-42)25-9-11-28(30(20-25)45-3)37-34-36-21-23-8-10-29-31(32(23)38-34)33(40(2)39-29)26-6-4-5-7-27(26)35/h4-7,9,11,20-21,24H,8,10,12-19H2,1-3H3,(H,36,37,38). The van der Waals surface area contributed by atoms with E-state index in [4.69, 9.17) is 26.4 Å². The molecule has 1 amide bonds. The molecule has 0 saturated carbocycles. The van der Waals surface area contributed by atoms with Gasteiger partial charge < -0.3 is 19.9 Å². The van der Waals surface area contributed by atoms with E-state index in [1.807, 2.05) is 53.2 Å². The summed E-state index contributed by atoms with van der Waals surface area (Å²) in [5.41, 5.74) is 7.87. The molecule has 4 heterocycles. The molecule has 0 spiro atoms. The molecule has 3 aliphatic rings. The predicted octanol–water partition coefficient (Wildman–Crippen LogP) is 5.18. The van der Waals surface area contributed by atoms with Crippen LogP contribution < -0.4 is 15.0 Å². The maximum Gasteiger partial charge on any atom is 0.227 e. The summed E-state index contributed by atoms with van der Waals surface area (Å²) in [6.45, 7) is 7.35. The van der Waals surface area contributed by atoms with Crippen molar-refractivity contribution in [3.63, 3.8) is 0 Å². The molecule has 11 heteroatoms. The first-order valence-corrected chi connectivity index (χ1v) is 16.1. The number of benzene rings is 2. The number of rotatable bonds is 6. The van der Waals surface area contributed by atoms with Gasteiger partial charge in [-0.15, -0.1) is 0 Å². The number of aryl methyl sites for hydroxylation is 3. The molecule has 0 atom stereocenters. The molecular weight excluding hydrogens is 588 g/mol. The number of halogens is 1. The lowest BCUT2D eigenvalue weighted by atomic mass is 9.91. The molecule has 2 saturated heterocycles. The van der Waals surface area contributed by atoms with Crippen LogP contribution in [-0.2, 0) is 24.7 Å². The number of likely N-dealkylation sites (tertiary alicyclic amines) is 1. The predicted molar refractivity (Wildman–Crippen MR) is 177 cm³/mol. The van der Waals surface area contributed by atoms with Gasteiger partial charge in [-0.25, -0.2) is 9.97 Å². The van der Waals surface area contributed by atoms with Gasteiger partial charge in [0.15, 0.2) is 0 Å². The van der Waals surface area contributed by atoms with E-state index in [1.165, 1.54) is 0 Å². The van der Waals surface area contributed by atoms with Crippen LogP contribution in [0, 0.1) is 0 Å². The molecule has 0 unspecified atom stereocenters. The number of piperazine rings is 1. The Balaban J connectivity index is 1.08. The first kappa shape index (κ1) is 29.6. The fourth-order valence-corrected chi connectivity index (χ4v) is 7.30. The first-order valence-electron chi connectivity index (χ1n) is 15.8. The van der Waals surface area contributed by atoms with Crippen molar-refractivity contribution in [2.45, 2.75) is 38.6 Å². The quantitative estimate of drug-likeness (QED) is 0.313. The molecule has 45 heavy (non-hydrogen) atoms. The minimum atomic E-state index is 0.188. The monoisotopic (exact) mass is 626 g/mol. The lowest BCUT2D eigenvalue weighted by Crippen LogP contribution is -2.53. The SMILES string of the molecule is COc1cc(N2CCN(C3CCN(C(C)=O)CC3)CC2)ccc1Nc1ncc2c(n1)-c1c(nn(C)c1-c1ccccc1Cl)CC2. The Morgan fingerprint density at radius 1 is 1.02 bits per heavy atom. The van der Waals surface area contributed by atoms with Crippen LogP contribution in [0.25, 0.3) is 22.5 Å². The van der Waals surface area contributed by atoms with Crippen LogP contribution in [0.1, 0.15) is 31.0 Å². The van der Waals surface area contributed by atoms with E-state index in [-0.39, 0.29) is 5.91 Å². The minimum Gasteiger partial charge on any atom is -0.494 e. The number of carbonyl (C=O) groups is 1. The van der Waals surface area contributed by atoms with Gasteiger partial charge >= 0.3 is 0 Å². The molecule has 4 aromatic rings. The molecule has 0 bridgehead atoms. The summed E-state index contributed by atoms with van der Waals surface area (Å²) in [5.74, 6) is 1.44. The normalized spacial score (nSPS) is 17.2. The lowest BCUT2D eigenvalue weighted by Gasteiger charge is -2.43. The Labute approximate surface area is 269 Å². The van der Waals surface area contributed by atoms with Crippen molar-refractivity contribution in [1.82, 2.24) is 29.5 Å². The van der Waals surface area contributed by atoms with Gasteiger partial charge in [-0.05, 0) is 49.4 Å². The third-order valence-electron chi connectivity index (χ3n) is 9.52. The second-order valence-corrected chi connectivity index (χ2v) is 12.5. The zero-order chi connectivity index (χ0) is 31.1. The summed E-state index contributed by atoms with van der Waals surface area (Å²) in [4.78, 5) is 28.4. The van der Waals surface area contributed by atoms with Gasteiger partial charge in [0, 0.05) is 93.4 Å². The van der Waals surface area contributed by atoms with E-state index >= 15 is 0 Å². The molecule has 2 aliphatic heterocycles. The Hall–Kier alpha value is -4.15. The van der Waals surface area contributed by atoms with E-state index in [1.54, 1.807) is 14.0 Å². The van der Waals surface area contributed by atoms with Crippen molar-refractivity contribution in [1.29, 1.82) is 0 Å². The van der Waals surface area contributed by atoms with Crippen LogP contribution in [0.2, 0.25) is 5.02 Å². The van der Waals surface area contributed by atoms with Crippen molar-refractivity contribution < 1.29 is 9.53 Å². The number of piperidine rings is 1. The van der Waals surface area contributed by atoms with Gasteiger partial charge in [0.2, 0.25) is 11.9 Å². The molecule has 7 rings (SSSR count). The molecule has 2 aromatic carbocycles. The summed E-state index contributed by atoms with van der Waals surface area (Å²) >= 11 is 6.64. The summed E-state index contributed by atoms with van der Waals surface area (Å²) < 4.78 is 7.75. The molecule has 2 aromatic heterocycles. The number of carbonyl (C=O) groups excluding carboxylic acids is 1. The van der Waals surface area contributed by atoms with Crippen LogP contribution in [0.5, 0.6) is 5.75 Å². The summed E-state index contributed by atoms with van der Waals surface area (Å²) in [6, 6.07) is 14.7. The topological polar surface area (TPSA) is 91.7 Å². The largest absolute Gasteiger partial charge is 0.494 e. The molecule has 1 aliphatic carbocycles. The highest BCUT2D eigenvalue weighted by molar-refractivity contribution is 6.33. The van der Waals surface area contributed by atoms with Crippen LogP contribution in [-0.4, -0.2) is 87.9 Å². The van der Waals surface area contributed by atoms with Crippen molar-refractivity contribution in [2.75, 3.05) is 56.6 Å². The van der Waals surface area contributed by atoms with Crippen molar-refractivity contribution in [3.05, 3.63) is 64.9 Å². The zero-order valence-electron chi connectivity index (χ0n) is 26.1. The van der Waals surface area contributed by atoms with Crippen molar-refractivity contribution in [3.8, 4) is 28.3 Å². The first-order chi connectivity index (χ1) is 21.9. The number of nitrogens with one attached hydrogen (secondary N) is 1. The number of ether oxygens (including phenoxy) is 1. The van der Waals surface area contributed by atoms with Gasteiger partial charge in [-0.2, -0.15) is 5.10 Å². The third-order valence-corrected chi connectivity index (χ3v) is 9.85. The van der Waals surface area contributed by atoms with Crippen molar-refractivity contribution in [2.24, 2.45) is 7.05 Å². The summed E-state index contributed by atoms with van der Waals surface area (Å²) in [5, 5.41) is 8.94. The summed E-state index contributed by atoms with van der Waals surface area (Å²) in [6.07, 6.45) is 5.70. The highest BCUT2D eigenvalue weighted by atomic mass is 35.5. The molecule has 10 nitrogen and oxygen atoms in total. The average molecular weight is 627 g/mol. The van der Waals surface area contributed by atoms with E-state index in [0.29, 0.717) is 17.0 Å². The third kappa shape index (κ3) is 5.73. The smallest absolute Gasteiger partial charge is 0.227 e. The van der Waals surface area contributed by atoms with Crippen LogP contribution in [0.15, 0.2) is 48.7 Å². The molecular formula is C34H39ClN8O2. The molecule has 1 N–H and O–H groups in total. The maximum absolute atomic E-state index is 11.7. The highest BCUT2D eigenvalue weighted by Gasteiger charge is 2.30. The van der Waals surface area contributed by atoms with Gasteiger partial charge in [-0.3, -0.25) is 14.4 Å². The number of anilines is 3. The Morgan fingerprint density at radius 3 is 2.53 bits per heavy atom. The van der Waals surface area contributed by atoms with E-state index < -0.39 is 0 Å². The second kappa shape index (κ2) is 12.3. The van der Waals surface area contributed by atoms with Crippen LogP contribution in [0.3, 0.4) is 0 Å². The fraction of sp³-hybridized carbons (Fsp3) is 0.412. The van der Waals surface area contributed by atoms with E-state index in [0.717, 1.165) is 116 Å². The summed E-state index contributed by atoms with van der Waals surface area (Å²) in [7, 11) is 3.66. The van der Waals surface area contributed by atoms with E-state index in [2.05, 4.69) is 32.2 Å². The lowest BCUT2D eigenvalue weighted by molar-refractivity contribution is -0.130. The highest BCUT2D eigenvalue weighted by Crippen LogP contribution is 2.42. The number of hydrogen-bond donors (Lipinski definition) is 1. The van der Waals surface area contributed by atoms with Crippen LogP contribution in [0.4, 0.5) is 17.3 Å². The Morgan fingerprint density at radius 2 is 1.80 bits per heavy atom. The number of fused-ring (bicyclic) bond motifs is 3. The zero-order valence-corrected chi connectivity index (χ0v) is 26.8. The molecule has 234 valence electrons. The number of nitrogens with zero attached hydrogens (tertiary/aromatic N) is 7. The van der Waals surface area contributed by atoms with Gasteiger partial charge in [-0.1, -0.05) is 29.8 Å². The van der Waals surface area contributed by atoms with Gasteiger partial charge in [0.25, 0.3) is 0 Å². The minimum absolute atomic E-state index is 0.188. The van der Waals surface area contributed by atoms with Gasteiger partial charge in [0.05, 0.1) is 29.9 Å². The number of aromatic nitrogens is 4. The number of amides is 1. The van der Waals surface area contributed by atoms with Crippen LogP contribution >= 0.6 is 11.6 Å². The average Bonchev–Trinajstić information content (AvgIpc) is 3.41. The maximum atomic E-state index is 11.7. The van der Waals surface area contributed by atoms with Gasteiger partial charge in [0.1, 0.15) is 5.75 Å². The second-order valence-electron chi connectivity index (χ2n) is 12.1. The number of methoxy groups -OCH3 is 1. The molecule has 2 fully saturated rings. The Kier molecular flexibility index (Phi) is 8.10. The van der Waals surface area contributed by atoms with E-state index in [9.17, 15) is 4.79 Å².